The minimum absolute atomic E-state index is 0.662. The number of benzene rings is 1. The highest BCUT2D eigenvalue weighted by molar-refractivity contribution is 5.47. The van der Waals surface area contributed by atoms with Crippen molar-refractivity contribution in [2.24, 2.45) is 0 Å². The topological polar surface area (TPSA) is 47.3 Å². The van der Waals surface area contributed by atoms with Crippen molar-refractivity contribution in [3.63, 3.8) is 0 Å². The average Bonchev–Trinajstić information content (AvgIpc) is 2.40. The molecule has 0 atom stereocenters. The molecule has 0 aliphatic heterocycles. The van der Waals surface area contributed by atoms with Crippen LogP contribution in [0.5, 0.6) is 5.75 Å². The lowest BCUT2D eigenvalue weighted by Crippen LogP contribution is -2.30. The second-order valence-electron chi connectivity index (χ2n) is 5.02. The molecule has 1 saturated carbocycles. The number of nitrogens with one attached hydrogen (secondary N) is 1. The van der Waals surface area contributed by atoms with Crippen LogP contribution in [-0.4, -0.2) is 12.6 Å². The van der Waals surface area contributed by atoms with Crippen molar-refractivity contribution in [1.82, 2.24) is 5.32 Å². The standard InChI is InChI=1S/C15H24N2O/c1-2-18-15-9-8-13(16)10-12(15)11-17-14-6-4-3-5-7-14/h8-10,14,17H,2-7,11,16H2,1H3. The Balaban J connectivity index is 1.95. The number of nitrogens with two attached hydrogens (primary N) is 1. The van der Waals surface area contributed by atoms with Gasteiger partial charge in [0, 0.05) is 23.8 Å². The van der Waals surface area contributed by atoms with E-state index >= 15 is 0 Å². The van der Waals surface area contributed by atoms with Crippen LogP contribution in [0.2, 0.25) is 0 Å². The summed E-state index contributed by atoms with van der Waals surface area (Å²) in [5.41, 5.74) is 7.82. The number of hydrogen-bond acceptors (Lipinski definition) is 3. The first-order chi connectivity index (χ1) is 8.79. The van der Waals surface area contributed by atoms with Gasteiger partial charge in [-0.2, -0.15) is 0 Å². The Hall–Kier alpha value is -1.22. The van der Waals surface area contributed by atoms with Gasteiger partial charge in [0.05, 0.1) is 6.61 Å². The highest BCUT2D eigenvalue weighted by Crippen LogP contribution is 2.23. The molecule has 3 nitrogen and oxygen atoms in total. The first-order valence-electron chi connectivity index (χ1n) is 7.04. The van der Waals surface area contributed by atoms with Crippen LogP contribution in [-0.2, 0) is 6.54 Å². The van der Waals surface area contributed by atoms with Gasteiger partial charge < -0.3 is 15.8 Å². The second-order valence-corrected chi connectivity index (χ2v) is 5.02. The Morgan fingerprint density at radius 2 is 2.06 bits per heavy atom. The number of ether oxygens (including phenoxy) is 1. The Morgan fingerprint density at radius 1 is 1.28 bits per heavy atom. The zero-order valence-corrected chi connectivity index (χ0v) is 11.2. The predicted octanol–water partition coefficient (Wildman–Crippen LogP) is 3.09. The molecule has 3 N–H and O–H groups in total. The van der Waals surface area contributed by atoms with Crippen molar-refractivity contribution in [3.8, 4) is 5.75 Å². The molecule has 0 radical (unpaired) electrons. The predicted molar refractivity (Wildman–Crippen MR) is 75.7 cm³/mol. The summed E-state index contributed by atoms with van der Waals surface area (Å²) in [7, 11) is 0. The molecule has 3 heteroatoms. The van der Waals surface area contributed by atoms with Gasteiger partial charge in [0.15, 0.2) is 0 Å². The zero-order chi connectivity index (χ0) is 12.8. The third-order valence-corrected chi connectivity index (χ3v) is 3.57. The molecule has 0 saturated heterocycles. The van der Waals surface area contributed by atoms with Crippen molar-refractivity contribution in [3.05, 3.63) is 23.8 Å². The Kier molecular flexibility index (Phi) is 4.88. The van der Waals surface area contributed by atoms with Crippen LogP contribution < -0.4 is 15.8 Å². The lowest BCUT2D eigenvalue weighted by Gasteiger charge is -2.23. The third kappa shape index (κ3) is 3.64. The first kappa shape index (κ1) is 13.2. The van der Waals surface area contributed by atoms with Crippen molar-refractivity contribution in [2.45, 2.75) is 51.6 Å². The smallest absolute Gasteiger partial charge is 0.123 e. The van der Waals surface area contributed by atoms with Gasteiger partial charge in [-0.15, -0.1) is 0 Å². The summed E-state index contributed by atoms with van der Waals surface area (Å²) in [6, 6.07) is 6.54. The normalized spacial score (nSPS) is 16.7. The van der Waals surface area contributed by atoms with E-state index in [0.717, 1.165) is 18.0 Å². The lowest BCUT2D eigenvalue weighted by atomic mass is 9.95. The summed E-state index contributed by atoms with van der Waals surface area (Å²) in [6.07, 6.45) is 6.69. The van der Waals surface area contributed by atoms with Crippen molar-refractivity contribution in [1.29, 1.82) is 0 Å². The molecule has 1 fully saturated rings. The minimum Gasteiger partial charge on any atom is -0.494 e. The van der Waals surface area contributed by atoms with E-state index in [-0.39, 0.29) is 0 Å². The Morgan fingerprint density at radius 3 is 2.78 bits per heavy atom. The van der Waals surface area contributed by atoms with E-state index in [1.807, 2.05) is 25.1 Å². The maximum absolute atomic E-state index is 5.85. The second kappa shape index (κ2) is 6.64. The molecule has 1 aromatic rings. The van der Waals surface area contributed by atoms with Crippen molar-refractivity contribution < 1.29 is 4.74 Å². The molecule has 0 amide bonds. The Bertz CT molecular complexity index is 373. The van der Waals surface area contributed by atoms with Gasteiger partial charge in [0.1, 0.15) is 5.75 Å². The maximum atomic E-state index is 5.85. The zero-order valence-electron chi connectivity index (χ0n) is 11.2. The van der Waals surface area contributed by atoms with E-state index in [2.05, 4.69) is 5.32 Å². The van der Waals surface area contributed by atoms with Crippen molar-refractivity contribution >= 4 is 5.69 Å². The molecular weight excluding hydrogens is 224 g/mol. The molecule has 0 unspecified atom stereocenters. The molecule has 0 aromatic heterocycles. The minimum atomic E-state index is 0.662. The fourth-order valence-electron chi connectivity index (χ4n) is 2.59. The number of hydrogen-bond donors (Lipinski definition) is 2. The molecule has 1 aromatic carbocycles. The summed E-state index contributed by atoms with van der Waals surface area (Å²) < 4.78 is 5.64. The Labute approximate surface area is 110 Å². The van der Waals surface area contributed by atoms with Gasteiger partial charge in [-0.3, -0.25) is 0 Å². The van der Waals surface area contributed by atoms with Gasteiger partial charge in [-0.25, -0.2) is 0 Å². The van der Waals surface area contributed by atoms with E-state index in [1.165, 1.54) is 37.7 Å². The molecule has 1 aliphatic rings. The highest BCUT2D eigenvalue weighted by atomic mass is 16.5. The van der Waals surface area contributed by atoms with E-state index in [1.54, 1.807) is 0 Å². The van der Waals surface area contributed by atoms with Crippen LogP contribution in [0.25, 0.3) is 0 Å². The fraction of sp³-hybridized carbons (Fsp3) is 0.600. The van der Waals surface area contributed by atoms with Crippen LogP contribution >= 0.6 is 0 Å². The van der Waals surface area contributed by atoms with Gasteiger partial charge in [0.25, 0.3) is 0 Å². The van der Waals surface area contributed by atoms with E-state index in [9.17, 15) is 0 Å². The molecule has 0 bridgehead atoms. The largest absolute Gasteiger partial charge is 0.494 e. The summed E-state index contributed by atoms with van der Waals surface area (Å²) in [5, 5.41) is 3.63. The van der Waals surface area contributed by atoms with Crippen molar-refractivity contribution in [2.75, 3.05) is 12.3 Å². The monoisotopic (exact) mass is 248 g/mol. The van der Waals surface area contributed by atoms with Gasteiger partial charge in [0.2, 0.25) is 0 Å². The van der Waals surface area contributed by atoms with Gasteiger partial charge in [-0.1, -0.05) is 19.3 Å². The maximum Gasteiger partial charge on any atom is 0.123 e. The SMILES string of the molecule is CCOc1ccc(N)cc1CNC1CCCCC1. The quantitative estimate of drug-likeness (QED) is 0.787. The van der Waals surface area contributed by atoms with Crippen LogP contribution in [0.1, 0.15) is 44.6 Å². The molecule has 1 aliphatic carbocycles. The summed E-state index contributed by atoms with van der Waals surface area (Å²) in [5.74, 6) is 0.954. The third-order valence-electron chi connectivity index (χ3n) is 3.57. The van der Waals surface area contributed by atoms with Gasteiger partial charge in [-0.05, 0) is 38.0 Å². The average molecular weight is 248 g/mol. The molecule has 18 heavy (non-hydrogen) atoms. The van der Waals surface area contributed by atoms with Crippen LogP contribution in [0.15, 0.2) is 18.2 Å². The lowest BCUT2D eigenvalue weighted by molar-refractivity contribution is 0.330. The first-order valence-corrected chi connectivity index (χ1v) is 7.04. The molecular formula is C15H24N2O. The van der Waals surface area contributed by atoms with Crippen LogP contribution in [0.4, 0.5) is 5.69 Å². The van der Waals surface area contributed by atoms with E-state index in [4.69, 9.17) is 10.5 Å². The number of nitrogen functional groups attached to an aromatic ring is 1. The van der Waals surface area contributed by atoms with Crippen LogP contribution in [0, 0.1) is 0 Å². The number of anilines is 1. The van der Waals surface area contributed by atoms with Gasteiger partial charge >= 0.3 is 0 Å². The fourth-order valence-corrected chi connectivity index (χ4v) is 2.59. The summed E-state index contributed by atoms with van der Waals surface area (Å²) in [4.78, 5) is 0. The molecule has 0 spiro atoms. The number of rotatable bonds is 5. The van der Waals surface area contributed by atoms with E-state index in [0.29, 0.717) is 12.6 Å². The molecule has 2 rings (SSSR count). The molecule has 0 heterocycles. The van der Waals surface area contributed by atoms with Crippen LogP contribution in [0.3, 0.4) is 0 Å². The molecule has 100 valence electrons. The highest BCUT2D eigenvalue weighted by Gasteiger charge is 2.13. The van der Waals surface area contributed by atoms with E-state index < -0.39 is 0 Å². The summed E-state index contributed by atoms with van der Waals surface area (Å²) >= 11 is 0. The summed E-state index contributed by atoms with van der Waals surface area (Å²) in [6.45, 7) is 3.56.